The molecule has 16 heavy (non-hydrogen) atoms. The van der Waals surface area contributed by atoms with E-state index in [1.54, 1.807) is 0 Å². The van der Waals surface area contributed by atoms with Gasteiger partial charge in [0.25, 0.3) is 0 Å². The van der Waals surface area contributed by atoms with Crippen LogP contribution in [0, 0.1) is 12.3 Å². The zero-order chi connectivity index (χ0) is 11.9. The standard InChI is InChI=1S/C15H24N/c1-4-7-12-15(5-2,6-3)14-11-9-8-10-13-16-14/h8-11,13,16H,1,4-7,12H2,2-3H3. The van der Waals surface area contributed by atoms with Gasteiger partial charge in [-0.1, -0.05) is 45.8 Å². The fourth-order valence-electron chi connectivity index (χ4n) is 2.37. The maximum absolute atomic E-state index is 3.95. The topological polar surface area (TPSA) is 12.0 Å². The molecular weight excluding hydrogens is 194 g/mol. The Morgan fingerprint density at radius 3 is 2.56 bits per heavy atom. The molecule has 1 N–H and O–H groups in total. The first-order valence-corrected chi connectivity index (χ1v) is 6.39. The van der Waals surface area contributed by atoms with Crippen molar-refractivity contribution in [2.24, 2.45) is 5.41 Å². The van der Waals surface area contributed by atoms with E-state index < -0.39 is 0 Å². The van der Waals surface area contributed by atoms with Crippen LogP contribution in [0.5, 0.6) is 0 Å². The molecule has 1 nitrogen and oxygen atoms in total. The molecule has 1 heteroatoms. The Kier molecular flexibility index (Phi) is 5.37. The second-order valence-corrected chi connectivity index (χ2v) is 4.41. The highest BCUT2D eigenvalue weighted by atomic mass is 14.9. The molecule has 0 unspecified atom stereocenters. The van der Waals surface area contributed by atoms with Gasteiger partial charge in [-0.15, -0.1) is 0 Å². The van der Waals surface area contributed by atoms with Gasteiger partial charge in [0.1, 0.15) is 0 Å². The van der Waals surface area contributed by atoms with Crippen molar-refractivity contribution in [2.45, 2.75) is 46.0 Å². The molecule has 0 amide bonds. The number of nitrogens with one attached hydrogen (secondary N) is 1. The largest absolute Gasteiger partial charge is 0.365 e. The number of hydrogen-bond donors (Lipinski definition) is 1. The highest BCUT2D eigenvalue weighted by molar-refractivity contribution is 5.25. The van der Waals surface area contributed by atoms with Crippen molar-refractivity contribution in [3.63, 3.8) is 0 Å². The van der Waals surface area contributed by atoms with E-state index >= 15 is 0 Å². The average Bonchev–Trinajstić information content (AvgIpc) is 2.61. The number of hydrogen-bond acceptors (Lipinski definition) is 1. The number of allylic oxidation sites excluding steroid dienone is 5. The molecule has 89 valence electrons. The molecule has 1 aliphatic rings. The molecule has 0 saturated carbocycles. The van der Waals surface area contributed by atoms with Crippen LogP contribution in [0.2, 0.25) is 0 Å². The van der Waals surface area contributed by atoms with Gasteiger partial charge in [-0.2, -0.15) is 0 Å². The molecule has 0 saturated heterocycles. The SMILES string of the molecule is [CH2]CCCC(CC)(CC)C1=CC=CC=CN1. The Balaban J connectivity index is 2.86. The third-order valence-corrected chi connectivity index (χ3v) is 3.65. The molecule has 1 radical (unpaired) electrons. The molecule has 0 aromatic rings. The van der Waals surface area contributed by atoms with Gasteiger partial charge in [0.15, 0.2) is 0 Å². The Labute approximate surface area is 100 Å². The molecule has 0 spiro atoms. The lowest BCUT2D eigenvalue weighted by atomic mass is 9.74. The van der Waals surface area contributed by atoms with Crippen LogP contribution in [-0.2, 0) is 0 Å². The smallest absolute Gasteiger partial charge is 0.0209 e. The lowest BCUT2D eigenvalue weighted by Gasteiger charge is -2.34. The van der Waals surface area contributed by atoms with Crippen LogP contribution < -0.4 is 5.32 Å². The predicted molar refractivity (Wildman–Crippen MR) is 71.7 cm³/mol. The van der Waals surface area contributed by atoms with Crippen molar-refractivity contribution in [1.82, 2.24) is 5.32 Å². The normalized spacial score (nSPS) is 15.6. The molecule has 0 aromatic carbocycles. The van der Waals surface area contributed by atoms with E-state index in [0.717, 1.165) is 6.42 Å². The fourth-order valence-corrected chi connectivity index (χ4v) is 2.37. The van der Waals surface area contributed by atoms with Crippen LogP contribution in [0.1, 0.15) is 46.0 Å². The second kappa shape index (κ2) is 6.57. The summed E-state index contributed by atoms with van der Waals surface area (Å²) in [6, 6.07) is 0. The van der Waals surface area contributed by atoms with E-state index in [4.69, 9.17) is 0 Å². The quantitative estimate of drug-likeness (QED) is 0.698. The van der Waals surface area contributed by atoms with Crippen molar-refractivity contribution in [1.29, 1.82) is 0 Å². The molecule has 0 bridgehead atoms. The third kappa shape index (κ3) is 3.01. The van der Waals surface area contributed by atoms with E-state index in [1.165, 1.54) is 31.4 Å². The highest BCUT2D eigenvalue weighted by Gasteiger charge is 2.29. The van der Waals surface area contributed by atoms with Crippen molar-refractivity contribution >= 4 is 0 Å². The summed E-state index contributed by atoms with van der Waals surface area (Å²) < 4.78 is 0. The molecule has 1 rings (SSSR count). The zero-order valence-electron chi connectivity index (χ0n) is 10.6. The molecule has 1 heterocycles. The van der Waals surface area contributed by atoms with Crippen LogP contribution >= 0.6 is 0 Å². The van der Waals surface area contributed by atoms with Crippen LogP contribution in [0.25, 0.3) is 0 Å². The van der Waals surface area contributed by atoms with Gasteiger partial charge in [0, 0.05) is 17.3 Å². The van der Waals surface area contributed by atoms with E-state index in [1.807, 2.05) is 12.3 Å². The summed E-state index contributed by atoms with van der Waals surface area (Å²) in [7, 11) is 0. The lowest BCUT2D eigenvalue weighted by molar-refractivity contribution is 0.281. The zero-order valence-corrected chi connectivity index (χ0v) is 10.6. The minimum atomic E-state index is 0.302. The molecular formula is C15H24N. The number of unbranched alkanes of at least 4 members (excludes halogenated alkanes) is 1. The first-order chi connectivity index (χ1) is 7.79. The van der Waals surface area contributed by atoms with Crippen molar-refractivity contribution in [3.05, 3.63) is 43.1 Å². The van der Waals surface area contributed by atoms with Crippen LogP contribution in [0.4, 0.5) is 0 Å². The van der Waals surface area contributed by atoms with Gasteiger partial charge < -0.3 is 5.32 Å². The Bertz CT molecular complexity index is 280. The molecule has 0 atom stereocenters. The maximum atomic E-state index is 3.95. The van der Waals surface area contributed by atoms with Gasteiger partial charge in [0.2, 0.25) is 0 Å². The van der Waals surface area contributed by atoms with E-state index in [0.29, 0.717) is 5.41 Å². The average molecular weight is 218 g/mol. The minimum Gasteiger partial charge on any atom is -0.365 e. The van der Waals surface area contributed by atoms with Crippen molar-refractivity contribution in [2.75, 3.05) is 0 Å². The van der Waals surface area contributed by atoms with Gasteiger partial charge >= 0.3 is 0 Å². The summed E-state index contributed by atoms with van der Waals surface area (Å²) in [6.07, 6.45) is 16.3. The molecule has 0 aliphatic carbocycles. The Hall–Kier alpha value is -0.980. The first-order valence-electron chi connectivity index (χ1n) is 6.39. The van der Waals surface area contributed by atoms with E-state index in [-0.39, 0.29) is 0 Å². The highest BCUT2D eigenvalue weighted by Crippen LogP contribution is 2.39. The van der Waals surface area contributed by atoms with Gasteiger partial charge in [0.05, 0.1) is 0 Å². The Morgan fingerprint density at radius 2 is 1.94 bits per heavy atom. The summed E-state index contributed by atoms with van der Waals surface area (Å²) in [5.41, 5.74) is 1.66. The summed E-state index contributed by atoms with van der Waals surface area (Å²) >= 11 is 0. The van der Waals surface area contributed by atoms with E-state index in [2.05, 4.69) is 44.3 Å². The van der Waals surface area contributed by atoms with Crippen molar-refractivity contribution in [3.8, 4) is 0 Å². The minimum absolute atomic E-state index is 0.302. The number of rotatable bonds is 6. The lowest BCUT2D eigenvalue weighted by Crippen LogP contribution is -2.28. The van der Waals surface area contributed by atoms with E-state index in [9.17, 15) is 0 Å². The first kappa shape index (κ1) is 13.1. The summed E-state index contributed by atoms with van der Waals surface area (Å²) in [6.45, 7) is 8.52. The van der Waals surface area contributed by atoms with Crippen LogP contribution in [0.3, 0.4) is 0 Å². The monoisotopic (exact) mass is 218 g/mol. The van der Waals surface area contributed by atoms with Crippen molar-refractivity contribution < 1.29 is 0 Å². The second-order valence-electron chi connectivity index (χ2n) is 4.41. The Morgan fingerprint density at radius 1 is 1.19 bits per heavy atom. The molecule has 1 aliphatic heterocycles. The van der Waals surface area contributed by atoms with Crippen LogP contribution in [0.15, 0.2) is 36.2 Å². The summed E-state index contributed by atoms with van der Waals surface area (Å²) in [4.78, 5) is 0. The maximum Gasteiger partial charge on any atom is 0.0209 e. The molecule has 0 fully saturated rings. The van der Waals surface area contributed by atoms with Gasteiger partial charge in [-0.05, 0) is 31.4 Å². The summed E-state index contributed by atoms with van der Waals surface area (Å²) in [5.74, 6) is 0. The fraction of sp³-hybridized carbons (Fsp3) is 0.533. The summed E-state index contributed by atoms with van der Waals surface area (Å²) in [5, 5.41) is 3.43. The molecule has 0 aromatic heterocycles. The predicted octanol–water partition coefficient (Wildman–Crippen LogP) is 4.35. The van der Waals surface area contributed by atoms with Gasteiger partial charge in [-0.3, -0.25) is 0 Å². The van der Waals surface area contributed by atoms with Crippen LogP contribution in [-0.4, -0.2) is 0 Å². The third-order valence-electron chi connectivity index (χ3n) is 3.65. The van der Waals surface area contributed by atoms with Gasteiger partial charge in [-0.25, -0.2) is 0 Å².